The maximum Gasteiger partial charge on any atom is 0.303 e. The molecule has 1 saturated carbocycles. The van der Waals surface area contributed by atoms with E-state index < -0.39 is 11.8 Å². The summed E-state index contributed by atoms with van der Waals surface area (Å²) in [5, 5.41) is 9.13. The fourth-order valence-electron chi connectivity index (χ4n) is 3.27. The Morgan fingerprint density at radius 1 is 1.20 bits per heavy atom. The van der Waals surface area contributed by atoms with Gasteiger partial charge in [-0.05, 0) is 24.7 Å². The van der Waals surface area contributed by atoms with E-state index in [0.717, 1.165) is 32.1 Å². The molecule has 2 rings (SSSR count). The zero-order valence-electron chi connectivity index (χ0n) is 12.6. The van der Waals surface area contributed by atoms with E-state index in [1.54, 1.807) is 0 Å². The molecule has 1 aliphatic heterocycles. The van der Waals surface area contributed by atoms with E-state index in [-0.39, 0.29) is 17.3 Å². The minimum Gasteiger partial charge on any atom is -0.481 e. The van der Waals surface area contributed by atoms with Gasteiger partial charge in [-0.15, -0.1) is 6.58 Å². The number of hydrogen-bond acceptors (Lipinski definition) is 3. The van der Waals surface area contributed by atoms with Crippen LogP contribution < -0.4 is 0 Å². The van der Waals surface area contributed by atoms with Crippen LogP contribution in [0.2, 0.25) is 0 Å². The molecule has 0 amide bonds. The number of aliphatic carboxylic acids is 1. The van der Waals surface area contributed by atoms with Gasteiger partial charge in [0.2, 0.25) is 0 Å². The molecule has 4 heteroatoms. The first kappa shape index (κ1) is 15.5. The van der Waals surface area contributed by atoms with Crippen molar-refractivity contribution in [3.05, 3.63) is 12.7 Å². The summed E-state index contributed by atoms with van der Waals surface area (Å²) in [4.78, 5) is 11.1. The summed E-state index contributed by atoms with van der Waals surface area (Å²) in [6, 6.07) is 0. The molecule has 0 aromatic rings. The van der Waals surface area contributed by atoms with Crippen molar-refractivity contribution in [3.8, 4) is 0 Å². The SMILES string of the molecule is C=CCC1(CC(=O)O)CCC2(CC1)OCC(C)(C)CO2. The van der Waals surface area contributed by atoms with Crippen LogP contribution in [0.4, 0.5) is 0 Å². The number of carboxylic acids is 1. The minimum atomic E-state index is -0.727. The van der Waals surface area contributed by atoms with Crippen LogP contribution in [-0.4, -0.2) is 30.1 Å². The van der Waals surface area contributed by atoms with Crippen molar-refractivity contribution in [1.29, 1.82) is 0 Å². The van der Waals surface area contributed by atoms with Gasteiger partial charge in [0, 0.05) is 18.3 Å². The van der Waals surface area contributed by atoms with Crippen LogP contribution in [-0.2, 0) is 14.3 Å². The lowest BCUT2D eigenvalue weighted by Gasteiger charge is -2.49. The minimum absolute atomic E-state index is 0.0714. The van der Waals surface area contributed by atoms with Gasteiger partial charge in [-0.3, -0.25) is 4.79 Å². The predicted octanol–water partition coefficient (Wildman–Crippen LogP) is 3.37. The summed E-state index contributed by atoms with van der Waals surface area (Å²) >= 11 is 0. The van der Waals surface area contributed by atoms with E-state index >= 15 is 0 Å². The molecule has 4 nitrogen and oxygen atoms in total. The first-order chi connectivity index (χ1) is 9.31. The summed E-state index contributed by atoms with van der Waals surface area (Å²) in [7, 11) is 0. The molecule has 1 aliphatic carbocycles. The smallest absolute Gasteiger partial charge is 0.303 e. The molecule has 0 bridgehead atoms. The number of rotatable bonds is 4. The van der Waals surface area contributed by atoms with E-state index in [1.807, 2.05) is 6.08 Å². The summed E-state index contributed by atoms with van der Waals surface area (Å²) in [5.74, 6) is -1.20. The van der Waals surface area contributed by atoms with Gasteiger partial charge in [0.25, 0.3) is 0 Å². The van der Waals surface area contributed by atoms with Gasteiger partial charge in [0.1, 0.15) is 0 Å². The third-order valence-corrected chi connectivity index (χ3v) is 4.63. The van der Waals surface area contributed by atoms with Crippen LogP contribution in [0.1, 0.15) is 52.4 Å². The monoisotopic (exact) mass is 282 g/mol. The molecule has 0 radical (unpaired) electrons. The Hall–Kier alpha value is -0.870. The zero-order valence-corrected chi connectivity index (χ0v) is 12.6. The molecule has 114 valence electrons. The van der Waals surface area contributed by atoms with Crippen LogP contribution in [0.3, 0.4) is 0 Å². The molecule has 1 heterocycles. The van der Waals surface area contributed by atoms with Gasteiger partial charge >= 0.3 is 5.97 Å². The first-order valence-corrected chi connectivity index (χ1v) is 7.41. The second kappa shape index (κ2) is 5.49. The van der Waals surface area contributed by atoms with E-state index in [9.17, 15) is 4.79 Å². The molecule has 1 N–H and O–H groups in total. The topological polar surface area (TPSA) is 55.8 Å². The maximum atomic E-state index is 11.1. The van der Waals surface area contributed by atoms with Crippen molar-refractivity contribution in [1.82, 2.24) is 0 Å². The number of carboxylic acid groups (broad SMARTS) is 1. The largest absolute Gasteiger partial charge is 0.481 e. The normalized spacial score (nSPS) is 27.1. The number of ether oxygens (including phenoxy) is 2. The van der Waals surface area contributed by atoms with Crippen molar-refractivity contribution in [3.63, 3.8) is 0 Å². The van der Waals surface area contributed by atoms with Crippen molar-refractivity contribution < 1.29 is 19.4 Å². The van der Waals surface area contributed by atoms with E-state index in [0.29, 0.717) is 13.2 Å². The standard InChI is InChI=1S/C16H26O4/c1-4-5-15(10-13(17)18)6-8-16(9-7-15)19-11-14(2,3)12-20-16/h4H,1,5-12H2,2-3H3,(H,17,18). The molecule has 2 aliphatic rings. The molecule has 0 aromatic heterocycles. The molecule has 1 spiro atoms. The second-order valence-corrected chi connectivity index (χ2v) is 7.22. The van der Waals surface area contributed by atoms with Crippen molar-refractivity contribution >= 4 is 5.97 Å². The Morgan fingerprint density at radius 2 is 1.75 bits per heavy atom. The molecular formula is C16H26O4. The third-order valence-electron chi connectivity index (χ3n) is 4.63. The molecular weight excluding hydrogens is 256 g/mol. The number of allylic oxidation sites excluding steroid dienone is 1. The number of hydrogen-bond donors (Lipinski definition) is 1. The Kier molecular flexibility index (Phi) is 4.26. The molecule has 0 aromatic carbocycles. The Labute approximate surface area is 121 Å². The number of carbonyl (C=O) groups is 1. The zero-order chi connectivity index (χ0) is 14.9. The van der Waals surface area contributed by atoms with Gasteiger partial charge < -0.3 is 14.6 Å². The van der Waals surface area contributed by atoms with Gasteiger partial charge in [-0.25, -0.2) is 0 Å². The molecule has 0 unspecified atom stereocenters. The Bertz CT molecular complexity index is 366. The lowest BCUT2D eigenvalue weighted by molar-refractivity contribution is -0.316. The van der Waals surface area contributed by atoms with Gasteiger partial charge in [0.05, 0.1) is 19.6 Å². The lowest BCUT2D eigenvalue weighted by atomic mass is 9.67. The highest BCUT2D eigenvalue weighted by Gasteiger charge is 2.47. The van der Waals surface area contributed by atoms with Gasteiger partial charge in [0.15, 0.2) is 5.79 Å². The van der Waals surface area contributed by atoms with Crippen LogP contribution in [0.15, 0.2) is 12.7 Å². The quantitative estimate of drug-likeness (QED) is 0.803. The predicted molar refractivity (Wildman–Crippen MR) is 76.4 cm³/mol. The fourth-order valence-corrected chi connectivity index (χ4v) is 3.27. The summed E-state index contributed by atoms with van der Waals surface area (Å²) < 4.78 is 12.0. The van der Waals surface area contributed by atoms with Crippen LogP contribution in [0.25, 0.3) is 0 Å². The highest BCUT2D eigenvalue weighted by atomic mass is 16.7. The summed E-state index contributed by atoms with van der Waals surface area (Å²) in [6.07, 6.45) is 6.01. The molecule has 20 heavy (non-hydrogen) atoms. The summed E-state index contributed by atoms with van der Waals surface area (Å²) in [6.45, 7) is 9.46. The average Bonchev–Trinajstić information content (AvgIpc) is 2.36. The van der Waals surface area contributed by atoms with Crippen LogP contribution in [0, 0.1) is 10.8 Å². The Balaban J connectivity index is 1.99. The Morgan fingerprint density at radius 3 is 2.20 bits per heavy atom. The lowest BCUT2D eigenvalue weighted by Crippen LogP contribution is -2.51. The molecule has 0 atom stereocenters. The highest BCUT2D eigenvalue weighted by Crippen LogP contribution is 2.49. The average molecular weight is 282 g/mol. The van der Waals surface area contributed by atoms with E-state index in [4.69, 9.17) is 14.6 Å². The van der Waals surface area contributed by atoms with Gasteiger partial charge in [-0.1, -0.05) is 19.9 Å². The van der Waals surface area contributed by atoms with Gasteiger partial charge in [-0.2, -0.15) is 0 Å². The summed E-state index contributed by atoms with van der Waals surface area (Å²) in [5.41, 5.74) is -0.0967. The maximum absolute atomic E-state index is 11.1. The van der Waals surface area contributed by atoms with Crippen molar-refractivity contribution in [2.75, 3.05) is 13.2 Å². The molecule has 2 fully saturated rings. The van der Waals surface area contributed by atoms with E-state index in [2.05, 4.69) is 20.4 Å². The molecule has 1 saturated heterocycles. The highest BCUT2D eigenvalue weighted by molar-refractivity contribution is 5.67. The van der Waals surface area contributed by atoms with E-state index in [1.165, 1.54) is 0 Å². The van der Waals surface area contributed by atoms with Crippen molar-refractivity contribution in [2.45, 2.75) is 58.2 Å². The van der Waals surface area contributed by atoms with Crippen LogP contribution in [0.5, 0.6) is 0 Å². The van der Waals surface area contributed by atoms with Crippen LogP contribution >= 0.6 is 0 Å². The fraction of sp³-hybridized carbons (Fsp3) is 0.812. The van der Waals surface area contributed by atoms with Crippen molar-refractivity contribution in [2.24, 2.45) is 10.8 Å². The second-order valence-electron chi connectivity index (χ2n) is 7.22. The third kappa shape index (κ3) is 3.41. The first-order valence-electron chi connectivity index (χ1n) is 7.41.